The van der Waals surface area contributed by atoms with E-state index in [0.717, 1.165) is 6.42 Å². The quantitative estimate of drug-likeness (QED) is 0.476. The molecule has 3 aliphatic rings. The molecule has 0 aromatic carbocycles. The van der Waals surface area contributed by atoms with Gasteiger partial charge in [0.1, 0.15) is 5.60 Å². The molecular formula is C13H17NO3. The zero-order chi connectivity index (χ0) is 12.4. The summed E-state index contributed by atoms with van der Waals surface area (Å²) < 4.78 is 5.27. The molecular weight excluding hydrogens is 218 g/mol. The molecule has 1 aliphatic heterocycles. The van der Waals surface area contributed by atoms with E-state index in [9.17, 15) is 9.59 Å². The Balaban J connectivity index is 1.76. The Morgan fingerprint density at radius 2 is 2.00 bits per heavy atom. The van der Waals surface area contributed by atoms with Gasteiger partial charge >= 0.3 is 6.09 Å². The fourth-order valence-corrected chi connectivity index (χ4v) is 3.23. The SMILES string of the molecule is CC(C)(C)OC(=O)N1C(=O)[C@H]2[C@@H]1[C@@H]1C=C[C@H]2C1. The number of nitrogens with zero attached hydrogens (tertiary/aromatic N) is 1. The largest absolute Gasteiger partial charge is 0.443 e. The molecule has 0 aromatic heterocycles. The van der Waals surface area contributed by atoms with E-state index in [1.807, 2.05) is 20.8 Å². The molecule has 2 amide bonds. The number of carbonyl (C=O) groups is 2. The molecule has 0 N–H and O–H groups in total. The number of hydrogen-bond acceptors (Lipinski definition) is 3. The van der Waals surface area contributed by atoms with Gasteiger partial charge in [-0.15, -0.1) is 0 Å². The minimum absolute atomic E-state index is 0.0394. The predicted molar refractivity (Wildman–Crippen MR) is 61.1 cm³/mol. The van der Waals surface area contributed by atoms with Gasteiger partial charge in [-0.25, -0.2) is 9.69 Å². The summed E-state index contributed by atoms with van der Waals surface area (Å²) in [6.07, 6.45) is 4.79. The van der Waals surface area contributed by atoms with Crippen molar-refractivity contribution < 1.29 is 14.3 Å². The Morgan fingerprint density at radius 3 is 2.65 bits per heavy atom. The second kappa shape index (κ2) is 3.12. The average Bonchev–Trinajstić information content (AvgIpc) is 2.70. The molecule has 1 saturated carbocycles. The smallest absolute Gasteiger partial charge is 0.417 e. The highest BCUT2D eigenvalue weighted by Gasteiger charge is 2.62. The van der Waals surface area contributed by atoms with Crippen molar-refractivity contribution in [1.82, 2.24) is 4.90 Å². The summed E-state index contributed by atoms with van der Waals surface area (Å²) in [5, 5.41) is 0. The van der Waals surface area contributed by atoms with Crippen LogP contribution in [0.3, 0.4) is 0 Å². The van der Waals surface area contributed by atoms with Crippen molar-refractivity contribution in [1.29, 1.82) is 0 Å². The number of imide groups is 1. The van der Waals surface area contributed by atoms with Gasteiger partial charge < -0.3 is 4.74 Å². The van der Waals surface area contributed by atoms with Crippen LogP contribution >= 0.6 is 0 Å². The van der Waals surface area contributed by atoms with Crippen molar-refractivity contribution in [3.8, 4) is 0 Å². The van der Waals surface area contributed by atoms with E-state index in [2.05, 4.69) is 12.2 Å². The molecule has 4 nitrogen and oxygen atoms in total. The highest BCUT2D eigenvalue weighted by atomic mass is 16.6. The van der Waals surface area contributed by atoms with Crippen molar-refractivity contribution >= 4 is 12.0 Å². The standard InChI is InChI=1S/C13H17NO3/c1-13(2,3)17-12(16)14-10-8-5-4-7(6-8)9(10)11(14)15/h4-5,7-10H,6H2,1-3H3/t7-,8+,9+,10-/m0/s1. The van der Waals surface area contributed by atoms with Gasteiger partial charge in [0.05, 0.1) is 12.0 Å². The molecule has 92 valence electrons. The zero-order valence-electron chi connectivity index (χ0n) is 10.3. The Hall–Kier alpha value is -1.32. The number of β-lactam (4-membered cyclic amide) rings is 1. The topological polar surface area (TPSA) is 46.6 Å². The number of likely N-dealkylation sites (tertiary alicyclic amines) is 1. The van der Waals surface area contributed by atoms with Crippen molar-refractivity contribution in [2.75, 3.05) is 0 Å². The van der Waals surface area contributed by atoms with Gasteiger partial charge in [-0.1, -0.05) is 12.2 Å². The Morgan fingerprint density at radius 1 is 1.35 bits per heavy atom. The van der Waals surface area contributed by atoms with Crippen LogP contribution in [0.1, 0.15) is 27.2 Å². The minimum atomic E-state index is -0.546. The molecule has 0 aromatic rings. The first-order valence-corrected chi connectivity index (χ1v) is 6.13. The van der Waals surface area contributed by atoms with Gasteiger partial charge in [-0.3, -0.25) is 4.79 Å². The van der Waals surface area contributed by atoms with Crippen LogP contribution in [0.15, 0.2) is 12.2 Å². The summed E-state index contributed by atoms with van der Waals surface area (Å²) in [6, 6.07) is 0.0624. The average molecular weight is 235 g/mol. The second-order valence-corrected chi connectivity index (χ2v) is 6.15. The molecule has 3 rings (SSSR count). The monoisotopic (exact) mass is 235 g/mol. The first-order valence-electron chi connectivity index (χ1n) is 6.13. The third-order valence-corrected chi connectivity index (χ3v) is 3.83. The number of ether oxygens (including phenoxy) is 1. The van der Waals surface area contributed by atoms with E-state index in [1.165, 1.54) is 4.90 Å². The van der Waals surface area contributed by atoms with Crippen LogP contribution in [0.5, 0.6) is 0 Å². The van der Waals surface area contributed by atoms with Crippen molar-refractivity contribution in [2.45, 2.75) is 38.8 Å². The number of fused-ring (bicyclic) bond motifs is 5. The zero-order valence-corrected chi connectivity index (χ0v) is 10.3. The summed E-state index contributed by atoms with van der Waals surface area (Å²) in [5.41, 5.74) is -0.546. The fraction of sp³-hybridized carbons (Fsp3) is 0.692. The summed E-state index contributed by atoms with van der Waals surface area (Å²) in [6.45, 7) is 5.44. The molecule has 2 bridgehead atoms. The van der Waals surface area contributed by atoms with E-state index in [1.54, 1.807) is 0 Å². The van der Waals surface area contributed by atoms with E-state index in [-0.39, 0.29) is 17.9 Å². The molecule has 2 fully saturated rings. The van der Waals surface area contributed by atoms with Crippen LogP contribution in [0.4, 0.5) is 4.79 Å². The third-order valence-electron chi connectivity index (χ3n) is 3.83. The van der Waals surface area contributed by atoms with E-state index in [4.69, 9.17) is 4.74 Å². The van der Waals surface area contributed by atoms with Crippen LogP contribution in [0, 0.1) is 17.8 Å². The lowest BCUT2D eigenvalue weighted by Crippen LogP contribution is -2.65. The molecule has 0 radical (unpaired) electrons. The molecule has 1 heterocycles. The van der Waals surface area contributed by atoms with Crippen LogP contribution in [-0.4, -0.2) is 28.5 Å². The van der Waals surface area contributed by atoms with E-state index < -0.39 is 11.7 Å². The highest BCUT2D eigenvalue weighted by Crippen LogP contribution is 2.52. The van der Waals surface area contributed by atoms with Gasteiger partial charge in [0.15, 0.2) is 0 Å². The van der Waals surface area contributed by atoms with Gasteiger partial charge in [0, 0.05) is 0 Å². The van der Waals surface area contributed by atoms with E-state index in [0.29, 0.717) is 11.8 Å². The number of carbonyl (C=O) groups excluding carboxylic acids is 2. The number of amides is 2. The second-order valence-electron chi connectivity index (χ2n) is 6.15. The Kier molecular flexibility index (Phi) is 1.98. The molecule has 17 heavy (non-hydrogen) atoms. The van der Waals surface area contributed by atoms with Crippen LogP contribution in [0.2, 0.25) is 0 Å². The van der Waals surface area contributed by atoms with Crippen molar-refractivity contribution in [3.63, 3.8) is 0 Å². The lowest BCUT2D eigenvalue weighted by molar-refractivity contribution is -0.154. The Bertz CT molecular complexity index is 421. The first kappa shape index (κ1) is 10.8. The fourth-order valence-electron chi connectivity index (χ4n) is 3.23. The summed E-state index contributed by atoms with van der Waals surface area (Å²) in [4.78, 5) is 25.2. The van der Waals surface area contributed by atoms with Gasteiger partial charge in [0.25, 0.3) is 0 Å². The maximum atomic E-state index is 12.0. The van der Waals surface area contributed by atoms with Gasteiger partial charge in [0.2, 0.25) is 5.91 Å². The number of allylic oxidation sites excluding steroid dienone is 1. The van der Waals surface area contributed by atoms with Gasteiger partial charge in [-0.05, 0) is 39.0 Å². The lowest BCUT2D eigenvalue weighted by Gasteiger charge is -2.46. The maximum Gasteiger partial charge on any atom is 0.417 e. The molecule has 4 atom stereocenters. The number of hydrogen-bond donors (Lipinski definition) is 0. The predicted octanol–water partition coefficient (Wildman–Crippen LogP) is 1.95. The Labute approximate surface area is 101 Å². The molecule has 4 heteroatoms. The maximum absolute atomic E-state index is 12.0. The third kappa shape index (κ3) is 1.43. The number of rotatable bonds is 0. The van der Waals surface area contributed by atoms with Crippen LogP contribution in [0.25, 0.3) is 0 Å². The normalized spacial score (nSPS) is 38.1. The first-order chi connectivity index (χ1) is 7.88. The van der Waals surface area contributed by atoms with E-state index >= 15 is 0 Å². The lowest BCUT2D eigenvalue weighted by atomic mass is 9.80. The summed E-state index contributed by atoms with van der Waals surface area (Å²) in [7, 11) is 0. The summed E-state index contributed by atoms with van der Waals surface area (Å²) in [5.74, 6) is 0.699. The minimum Gasteiger partial charge on any atom is -0.443 e. The molecule has 0 unspecified atom stereocenters. The van der Waals surface area contributed by atoms with Crippen LogP contribution < -0.4 is 0 Å². The van der Waals surface area contributed by atoms with Gasteiger partial charge in [-0.2, -0.15) is 0 Å². The van der Waals surface area contributed by atoms with Crippen molar-refractivity contribution in [2.24, 2.45) is 17.8 Å². The molecule has 0 spiro atoms. The van der Waals surface area contributed by atoms with Crippen LogP contribution in [-0.2, 0) is 9.53 Å². The highest BCUT2D eigenvalue weighted by molar-refractivity contribution is 6.00. The van der Waals surface area contributed by atoms with Crippen molar-refractivity contribution in [3.05, 3.63) is 12.2 Å². The summed E-state index contributed by atoms with van der Waals surface area (Å²) >= 11 is 0. The molecule has 1 saturated heterocycles. The molecule has 2 aliphatic carbocycles.